The van der Waals surface area contributed by atoms with Crippen LogP contribution < -0.4 is 0 Å². The number of alkyl halides is 1. The summed E-state index contributed by atoms with van der Waals surface area (Å²) in [6.07, 6.45) is 6.44. The molecule has 1 radical (unpaired) electrons. The SMILES string of the molecule is CCCC[C]1CCC1Cl. The van der Waals surface area contributed by atoms with Crippen LogP contribution in [-0.2, 0) is 0 Å². The van der Waals surface area contributed by atoms with Crippen molar-refractivity contribution in [3.05, 3.63) is 5.92 Å². The van der Waals surface area contributed by atoms with Crippen LogP contribution in [0.5, 0.6) is 0 Å². The van der Waals surface area contributed by atoms with Gasteiger partial charge in [0.05, 0.1) is 0 Å². The van der Waals surface area contributed by atoms with Gasteiger partial charge in [0.25, 0.3) is 0 Å². The van der Waals surface area contributed by atoms with E-state index in [1.807, 2.05) is 0 Å². The normalized spacial score (nSPS) is 28.0. The summed E-state index contributed by atoms with van der Waals surface area (Å²) in [5, 5.41) is 0.441. The predicted molar refractivity (Wildman–Crippen MR) is 41.6 cm³/mol. The maximum atomic E-state index is 5.91. The molecule has 0 amide bonds. The minimum atomic E-state index is 0.441. The molecule has 0 aromatic heterocycles. The Bertz CT molecular complexity index is 80.6. The van der Waals surface area contributed by atoms with Crippen molar-refractivity contribution in [2.75, 3.05) is 0 Å². The maximum Gasteiger partial charge on any atom is 0.0398 e. The molecular weight excluding hydrogens is 132 g/mol. The quantitative estimate of drug-likeness (QED) is 0.536. The Morgan fingerprint density at radius 2 is 2.44 bits per heavy atom. The molecule has 1 fully saturated rings. The van der Waals surface area contributed by atoms with Crippen molar-refractivity contribution in [3.8, 4) is 0 Å². The second-order valence-electron chi connectivity index (χ2n) is 2.77. The Kier molecular flexibility index (Phi) is 2.84. The molecule has 1 saturated carbocycles. The molecule has 1 aliphatic rings. The van der Waals surface area contributed by atoms with Gasteiger partial charge in [-0.3, -0.25) is 0 Å². The van der Waals surface area contributed by atoms with Crippen molar-refractivity contribution in [2.24, 2.45) is 0 Å². The molecule has 53 valence electrons. The molecule has 0 aliphatic heterocycles. The van der Waals surface area contributed by atoms with Crippen molar-refractivity contribution in [2.45, 2.75) is 44.4 Å². The van der Waals surface area contributed by atoms with Crippen LogP contribution in [0.25, 0.3) is 0 Å². The van der Waals surface area contributed by atoms with Crippen molar-refractivity contribution in [3.63, 3.8) is 0 Å². The van der Waals surface area contributed by atoms with Crippen molar-refractivity contribution >= 4 is 11.6 Å². The van der Waals surface area contributed by atoms with Gasteiger partial charge in [0.1, 0.15) is 0 Å². The van der Waals surface area contributed by atoms with E-state index in [2.05, 4.69) is 6.92 Å². The highest BCUT2D eigenvalue weighted by atomic mass is 35.5. The van der Waals surface area contributed by atoms with Crippen LogP contribution in [0.1, 0.15) is 39.0 Å². The summed E-state index contributed by atoms with van der Waals surface area (Å²) in [6, 6.07) is 0. The van der Waals surface area contributed by atoms with Crippen LogP contribution in [0.4, 0.5) is 0 Å². The van der Waals surface area contributed by atoms with Gasteiger partial charge in [0, 0.05) is 5.38 Å². The van der Waals surface area contributed by atoms with Gasteiger partial charge >= 0.3 is 0 Å². The monoisotopic (exact) mass is 145 g/mol. The molecule has 0 saturated heterocycles. The third kappa shape index (κ3) is 1.86. The molecule has 1 heteroatoms. The van der Waals surface area contributed by atoms with Crippen molar-refractivity contribution in [1.29, 1.82) is 0 Å². The van der Waals surface area contributed by atoms with Crippen molar-refractivity contribution in [1.82, 2.24) is 0 Å². The maximum absolute atomic E-state index is 5.91. The van der Waals surface area contributed by atoms with E-state index in [9.17, 15) is 0 Å². The molecule has 1 unspecified atom stereocenters. The van der Waals surface area contributed by atoms with Crippen LogP contribution >= 0.6 is 11.6 Å². The fraction of sp³-hybridized carbons (Fsp3) is 0.875. The molecule has 0 N–H and O–H groups in total. The molecule has 0 aromatic carbocycles. The van der Waals surface area contributed by atoms with E-state index in [-0.39, 0.29) is 0 Å². The molecule has 0 aromatic rings. The standard InChI is InChI=1S/C8H14Cl/c1-2-3-4-7-5-6-8(7)9/h8H,2-6H2,1H3. The Hall–Kier alpha value is 0.290. The van der Waals surface area contributed by atoms with Gasteiger partial charge in [-0.05, 0) is 25.2 Å². The lowest BCUT2D eigenvalue weighted by Crippen LogP contribution is -2.23. The first-order valence-electron chi connectivity index (χ1n) is 3.83. The molecule has 0 nitrogen and oxygen atoms in total. The fourth-order valence-electron chi connectivity index (χ4n) is 1.14. The van der Waals surface area contributed by atoms with E-state index < -0.39 is 0 Å². The molecule has 0 heterocycles. The predicted octanol–water partition coefficient (Wildman–Crippen LogP) is 3.15. The third-order valence-corrected chi connectivity index (χ3v) is 2.54. The average molecular weight is 146 g/mol. The molecule has 0 spiro atoms. The smallest absolute Gasteiger partial charge is 0.0398 e. The molecule has 1 atom stereocenters. The number of unbranched alkanes of at least 4 members (excludes halogenated alkanes) is 1. The zero-order valence-corrected chi connectivity index (χ0v) is 6.75. The summed E-state index contributed by atoms with van der Waals surface area (Å²) in [6.45, 7) is 2.22. The summed E-state index contributed by atoms with van der Waals surface area (Å²) in [5.41, 5.74) is 0. The Morgan fingerprint density at radius 3 is 2.78 bits per heavy atom. The summed E-state index contributed by atoms with van der Waals surface area (Å²) < 4.78 is 0. The molecule has 0 bridgehead atoms. The van der Waals surface area contributed by atoms with Gasteiger partial charge in [-0.2, -0.15) is 0 Å². The van der Waals surface area contributed by atoms with E-state index in [0.29, 0.717) is 5.38 Å². The van der Waals surface area contributed by atoms with Gasteiger partial charge < -0.3 is 0 Å². The van der Waals surface area contributed by atoms with Gasteiger partial charge in [-0.25, -0.2) is 0 Å². The molecular formula is C8H14Cl. The minimum Gasteiger partial charge on any atom is -0.122 e. The van der Waals surface area contributed by atoms with E-state index >= 15 is 0 Å². The summed E-state index contributed by atoms with van der Waals surface area (Å²) >= 11 is 5.91. The topological polar surface area (TPSA) is 0 Å². The molecule has 1 rings (SSSR count). The zero-order valence-electron chi connectivity index (χ0n) is 5.99. The largest absolute Gasteiger partial charge is 0.122 e. The fourth-order valence-corrected chi connectivity index (χ4v) is 1.47. The lowest BCUT2D eigenvalue weighted by atomic mass is 9.81. The van der Waals surface area contributed by atoms with Crippen LogP contribution in [0.3, 0.4) is 0 Å². The Morgan fingerprint density at radius 1 is 1.67 bits per heavy atom. The van der Waals surface area contributed by atoms with E-state index in [1.54, 1.807) is 5.92 Å². The summed E-state index contributed by atoms with van der Waals surface area (Å²) in [7, 11) is 0. The average Bonchev–Trinajstić information content (AvgIpc) is 1.86. The molecule has 9 heavy (non-hydrogen) atoms. The number of rotatable bonds is 3. The van der Waals surface area contributed by atoms with Crippen LogP contribution in [0, 0.1) is 5.92 Å². The van der Waals surface area contributed by atoms with Crippen LogP contribution in [0.15, 0.2) is 0 Å². The van der Waals surface area contributed by atoms with Gasteiger partial charge in [-0.1, -0.05) is 19.8 Å². The van der Waals surface area contributed by atoms with E-state index in [4.69, 9.17) is 11.6 Å². The van der Waals surface area contributed by atoms with Gasteiger partial charge in [-0.15, -0.1) is 11.6 Å². The number of hydrogen-bond acceptors (Lipinski definition) is 0. The second kappa shape index (κ2) is 3.46. The lowest BCUT2D eigenvalue weighted by Gasteiger charge is -2.30. The first kappa shape index (κ1) is 7.40. The number of hydrogen-bond donors (Lipinski definition) is 0. The first-order chi connectivity index (χ1) is 4.34. The van der Waals surface area contributed by atoms with Crippen LogP contribution in [0.2, 0.25) is 0 Å². The summed E-state index contributed by atoms with van der Waals surface area (Å²) in [4.78, 5) is 0. The highest BCUT2D eigenvalue weighted by Crippen LogP contribution is 2.37. The lowest BCUT2D eigenvalue weighted by molar-refractivity contribution is 0.500. The Balaban J connectivity index is 1.99. The van der Waals surface area contributed by atoms with Crippen molar-refractivity contribution < 1.29 is 0 Å². The highest BCUT2D eigenvalue weighted by molar-refractivity contribution is 6.22. The summed E-state index contributed by atoms with van der Waals surface area (Å²) in [5.74, 6) is 1.60. The van der Waals surface area contributed by atoms with E-state index in [0.717, 1.165) is 0 Å². The highest BCUT2D eigenvalue weighted by Gasteiger charge is 2.28. The van der Waals surface area contributed by atoms with E-state index in [1.165, 1.54) is 32.1 Å². The molecule has 1 aliphatic carbocycles. The zero-order chi connectivity index (χ0) is 6.69. The number of halogens is 1. The van der Waals surface area contributed by atoms with Gasteiger partial charge in [0.15, 0.2) is 0 Å². The second-order valence-corrected chi connectivity index (χ2v) is 3.29. The minimum absolute atomic E-state index is 0.441. The van der Waals surface area contributed by atoms with Crippen LogP contribution in [-0.4, -0.2) is 5.38 Å². The third-order valence-electron chi connectivity index (χ3n) is 2.01. The Labute approximate surface area is 62.6 Å². The van der Waals surface area contributed by atoms with Gasteiger partial charge in [0.2, 0.25) is 0 Å². The first-order valence-corrected chi connectivity index (χ1v) is 4.27.